The molecule has 0 aliphatic carbocycles. The average Bonchev–Trinajstić information content (AvgIpc) is 3.06. The minimum absolute atomic E-state index is 0.0577. The Morgan fingerprint density at radius 2 is 1.29 bits per heavy atom. The predicted octanol–water partition coefficient (Wildman–Crippen LogP) is 3.14. The molecule has 1 aromatic rings. The molecule has 23 heteroatoms. The van der Waals surface area contributed by atoms with Gasteiger partial charge in [-0.25, -0.2) is 23.4 Å². The van der Waals surface area contributed by atoms with Crippen molar-refractivity contribution in [2.75, 3.05) is 33.9 Å². The predicted molar refractivity (Wildman–Crippen MR) is 183 cm³/mol. The second-order valence-corrected chi connectivity index (χ2v) is 14.2. The number of halogens is 8. The number of aliphatic hydroxyl groups excluding tert-OH is 1. The molecule has 3 atom stereocenters. The highest BCUT2D eigenvalue weighted by Crippen LogP contribution is 2.41. The molecule has 1 unspecified atom stereocenters. The van der Waals surface area contributed by atoms with Gasteiger partial charge in [-0.1, -0.05) is 0 Å². The summed E-state index contributed by atoms with van der Waals surface area (Å²) in [5, 5.41) is 37.3. The summed E-state index contributed by atoms with van der Waals surface area (Å²) in [5.74, 6) is -5.79. The minimum atomic E-state index is -5.15. The molecule has 4 amide bonds. The third-order valence-electron chi connectivity index (χ3n) is 8.24. The van der Waals surface area contributed by atoms with E-state index in [1.807, 2.05) is 10.7 Å². The Labute approximate surface area is 317 Å². The topological polar surface area (TPSA) is 214 Å². The Bertz CT molecular complexity index is 1570. The Morgan fingerprint density at radius 1 is 0.839 bits per heavy atom. The number of allylic oxidation sites excluding steroid dienone is 1. The molecule has 56 heavy (non-hydrogen) atoms. The number of carbonyl (C=O) groups is 4. The highest BCUT2D eigenvalue weighted by molar-refractivity contribution is 6.06. The average molecular weight is 822 g/mol. The summed E-state index contributed by atoms with van der Waals surface area (Å²) in [4.78, 5) is 50.0. The van der Waals surface area contributed by atoms with Crippen LogP contribution in [0.4, 0.5) is 44.7 Å². The van der Waals surface area contributed by atoms with Gasteiger partial charge in [-0.15, -0.1) is 0 Å². The largest absolute Gasteiger partial charge is 0.453 e. The molecule has 1 aromatic carbocycles. The van der Waals surface area contributed by atoms with Crippen molar-refractivity contribution in [1.29, 1.82) is 5.41 Å². The van der Waals surface area contributed by atoms with Crippen LogP contribution in [0.3, 0.4) is 0 Å². The number of carbonyl (C=O) groups excluding carboxylic acids is 4. The summed E-state index contributed by atoms with van der Waals surface area (Å²) in [7, 11) is 1.61. The van der Waals surface area contributed by atoms with Gasteiger partial charge in [0.15, 0.2) is 0 Å². The SMILES string of the molecule is COC(=O)NC(C(=O)NC[C@@H](O)CN(Cc1c(F)cc(C(=N)/C=C\NCC(C)(C)O)cc1F)NC(=O)[C@@H](NC(=O)OC)C(C)(C)C(F)(F)F)C(C)(C)C(F)(F)F. The Kier molecular flexibility index (Phi) is 17.1. The van der Waals surface area contributed by atoms with Crippen LogP contribution in [0.1, 0.15) is 52.7 Å². The van der Waals surface area contributed by atoms with Crippen LogP contribution in [0.5, 0.6) is 0 Å². The summed E-state index contributed by atoms with van der Waals surface area (Å²) in [6, 6.07) is -3.38. The third kappa shape index (κ3) is 14.1. The number of hydrazine groups is 1. The maximum Gasteiger partial charge on any atom is 0.407 e. The maximum atomic E-state index is 15.4. The van der Waals surface area contributed by atoms with Gasteiger partial charge in [0.05, 0.1) is 42.5 Å². The number of amides is 4. The van der Waals surface area contributed by atoms with Gasteiger partial charge < -0.3 is 46.4 Å². The van der Waals surface area contributed by atoms with E-state index in [1.165, 1.54) is 20.0 Å². The fourth-order valence-electron chi connectivity index (χ4n) is 4.49. The van der Waals surface area contributed by atoms with Gasteiger partial charge in [-0.3, -0.25) is 15.0 Å². The molecule has 0 heterocycles. The third-order valence-corrected chi connectivity index (χ3v) is 8.24. The summed E-state index contributed by atoms with van der Waals surface area (Å²) < 4.78 is 123. The Morgan fingerprint density at radius 3 is 1.70 bits per heavy atom. The second-order valence-electron chi connectivity index (χ2n) is 14.2. The molecule has 0 aliphatic heterocycles. The van der Waals surface area contributed by atoms with Crippen LogP contribution in [-0.2, 0) is 25.6 Å². The number of aliphatic hydroxyl groups is 2. The van der Waals surface area contributed by atoms with E-state index in [0.29, 0.717) is 44.8 Å². The smallest absolute Gasteiger partial charge is 0.407 e. The monoisotopic (exact) mass is 821 g/mol. The number of nitrogens with zero attached hydrogens (tertiary/aromatic N) is 1. The Hall–Kier alpha value is -4.77. The van der Waals surface area contributed by atoms with Gasteiger partial charge in [-0.2, -0.15) is 26.3 Å². The highest BCUT2D eigenvalue weighted by Gasteiger charge is 2.57. The van der Waals surface area contributed by atoms with Gasteiger partial charge >= 0.3 is 24.5 Å². The summed E-state index contributed by atoms with van der Waals surface area (Å²) in [6.07, 6.45) is -12.7. The van der Waals surface area contributed by atoms with Crippen molar-refractivity contribution in [3.05, 3.63) is 47.2 Å². The van der Waals surface area contributed by atoms with E-state index in [2.05, 4.69) is 14.8 Å². The van der Waals surface area contributed by atoms with Crippen LogP contribution in [0.2, 0.25) is 0 Å². The zero-order chi connectivity index (χ0) is 43.6. The zero-order valence-electron chi connectivity index (χ0n) is 31.7. The van der Waals surface area contributed by atoms with Gasteiger partial charge in [0.1, 0.15) is 23.7 Å². The van der Waals surface area contributed by atoms with E-state index in [-0.39, 0.29) is 12.1 Å². The molecule has 0 saturated heterocycles. The van der Waals surface area contributed by atoms with E-state index in [9.17, 15) is 55.7 Å². The van der Waals surface area contributed by atoms with Crippen LogP contribution < -0.4 is 26.7 Å². The highest BCUT2D eigenvalue weighted by atomic mass is 19.4. The number of methoxy groups -OCH3 is 2. The molecule has 0 radical (unpaired) electrons. The lowest BCUT2D eigenvalue weighted by Crippen LogP contribution is -2.62. The van der Waals surface area contributed by atoms with Crippen molar-refractivity contribution in [2.24, 2.45) is 10.8 Å². The van der Waals surface area contributed by atoms with Crippen LogP contribution in [-0.4, -0.2) is 115 Å². The van der Waals surface area contributed by atoms with E-state index in [4.69, 9.17) is 5.41 Å². The number of alkyl carbamates (subject to hydrolysis) is 2. The van der Waals surface area contributed by atoms with Gasteiger partial charge in [0, 0.05) is 37.3 Å². The van der Waals surface area contributed by atoms with Crippen LogP contribution in [0.15, 0.2) is 24.4 Å². The molecule has 0 spiro atoms. The molecule has 0 fully saturated rings. The molecule has 15 nitrogen and oxygen atoms in total. The van der Waals surface area contributed by atoms with E-state index in [0.717, 1.165) is 20.3 Å². The summed E-state index contributed by atoms with van der Waals surface area (Å²) >= 11 is 0. The van der Waals surface area contributed by atoms with Crippen molar-refractivity contribution in [1.82, 2.24) is 31.7 Å². The standard InChI is InChI=1S/C33H47F8N7O8/c1-29(2,54)16-43-10-9-22(42)17-11-20(34)19(21(35)12-17)15-48(47-26(51)24(46-28(53)56-8)31(5,6)33(39,40)41)14-18(49)13-44-25(50)23(45-27(52)55-7)30(3,4)32(36,37)38/h9-12,18,23-24,42-43,49,54H,13-16H2,1-8H3,(H,44,50)(H,45,52)(H,46,53)(H,47,51)/b10-9-,42-22?/t18-,23?,24-/m1/s1. The second kappa shape index (κ2) is 19.4. The normalized spacial score (nSPS) is 14.4. The fraction of sp³-hybridized carbons (Fsp3) is 0.606. The number of rotatable bonds is 18. The molecular formula is C33H47F8N7O8. The molecule has 318 valence electrons. The zero-order valence-corrected chi connectivity index (χ0v) is 31.7. The number of hydrogen-bond acceptors (Lipinski definition) is 11. The lowest BCUT2D eigenvalue weighted by atomic mass is 9.83. The van der Waals surface area contributed by atoms with Crippen molar-refractivity contribution >= 4 is 29.7 Å². The van der Waals surface area contributed by atoms with Crippen LogP contribution in [0.25, 0.3) is 0 Å². The molecule has 0 aromatic heterocycles. The van der Waals surface area contributed by atoms with Gasteiger partial charge in [0.25, 0.3) is 5.91 Å². The van der Waals surface area contributed by atoms with Crippen molar-refractivity contribution in [3.8, 4) is 0 Å². The molecule has 8 N–H and O–H groups in total. The van der Waals surface area contributed by atoms with E-state index in [1.54, 1.807) is 10.6 Å². The quantitative estimate of drug-likeness (QED) is 0.0616. The minimum Gasteiger partial charge on any atom is -0.453 e. The lowest BCUT2D eigenvalue weighted by molar-refractivity contribution is -0.221. The molecule has 0 saturated carbocycles. The molecule has 0 aliphatic rings. The van der Waals surface area contributed by atoms with Crippen LogP contribution in [0, 0.1) is 27.9 Å². The number of benzene rings is 1. The first-order valence-electron chi connectivity index (χ1n) is 16.4. The maximum absolute atomic E-state index is 15.4. The molecule has 0 bridgehead atoms. The van der Waals surface area contributed by atoms with Gasteiger partial charge in [-0.05, 0) is 66.0 Å². The lowest BCUT2D eigenvalue weighted by Gasteiger charge is -2.37. The van der Waals surface area contributed by atoms with Crippen molar-refractivity contribution in [2.45, 2.75) is 84.2 Å². The first kappa shape index (κ1) is 49.2. The number of alkyl halides is 6. The van der Waals surface area contributed by atoms with E-state index >= 15 is 8.78 Å². The first-order chi connectivity index (χ1) is 25.4. The summed E-state index contributed by atoms with van der Waals surface area (Å²) in [6.45, 7) is 2.32. The Balaban J connectivity index is 3.54. The summed E-state index contributed by atoms with van der Waals surface area (Å²) in [5.41, 5.74) is -6.68. The number of ether oxygens (including phenoxy) is 2. The fourth-order valence-corrected chi connectivity index (χ4v) is 4.49. The van der Waals surface area contributed by atoms with Gasteiger partial charge in [0.2, 0.25) is 5.91 Å². The first-order valence-corrected chi connectivity index (χ1v) is 16.4. The molecular weight excluding hydrogens is 774 g/mol. The van der Waals surface area contributed by atoms with E-state index < -0.39 is 114 Å². The number of nitrogens with one attached hydrogen (secondary N) is 6. The molecule has 1 rings (SSSR count). The number of hydrogen-bond donors (Lipinski definition) is 8. The van der Waals surface area contributed by atoms with Crippen molar-refractivity contribution < 1.29 is 74.0 Å². The van der Waals surface area contributed by atoms with Crippen LogP contribution >= 0.6 is 0 Å². The van der Waals surface area contributed by atoms with Crippen molar-refractivity contribution in [3.63, 3.8) is 0 Å².